The van der Waals surface area contributed by atoms with E-state index in [9.17, 15) is 10.4 Å². The van der Waals surface area contributed by atoms with Crippen molar-refractivity contribution in [3.63, 3.8) is 0 Å². The van der Waals surface area contributed by atoms with Crippen LogP contribution in [-0.4, -0.2) is 34.7 Å². The van der Waals surface area contributed by atoms with Crippen molar-refractivity contribution >= 4 is 0 Å². The number of phenols is 1. The second-order valence-corrected chi connectivity index (χ2v) is 11.5. The van der Waals surface area contributed by atoms with Gasteiger partial charge in [-0.15, -0.1) is 0 Å². The van der Waals surface area contributed by atoms with E-state index < -0.39 is 5.41 Å². The molecule has 0 saturated carbocycles. The number of likely N-dealkylation sites (tertiary alicyclic amines) is 1. The number of phenolic OH excluding ortho intramolecular Hbond substituents is 1. The highest BCUT2D eigenvalue weighted by molar-refractivity contribution is 5.65. The predicted molar refractivity (Wildman–Crippen MR) is 161 cm³/mol. The standard InChI is InChI=1S/C36H38N2O2/c1-35(2,21-22-36(27-37,31-11-5-3-6-12-31)32-13-7-4-8-14-32)38-23-20-34(25-38)40-26-28-16-18-29(19-17-28)30-10-9-15-33(39)24-30/h3-19,24,34,39H,20-23,25-26H2,1-2H3/t34-/m0/s1. The average molecular weight is 531 g/mol. The Morgan fingerprint density at radius 1 is 0.825 bits per heavy atom. The first-order valence-electron chi connectivity index (χ1n) is 14.2. The zero-order valence-corrected chi connectivity index (χ0v) is 23.5. The number of benzene rings is 4. The third kappa shape index (κ3) is 6.12. The minimum atomic E-state index is -0.680. The normalized spacial score (nSPS) is 16.1. The van der Waals surface area contributed by atoms with Gasteiger partial charge in [0, 0.05) is 18.6 Å². The van der Waals surface area contributed by atoms with Gasteiger partial charge in [0.15, 0.2) is 0 Å². The SMILES string of the molecule is CC(C)(CCC(C#N)(c1ccccc1)c1ccccc1)N1CC[C@H](OCc2ccc(-c3cccc(O)c3)cc2)C1. The van der Waals surface area contributed by atoms with E-state index in [4.69, 9.17) is 4.74 Å². The number of rotatable bonds is 10. The molecule has 1 aliphatic rings. The van der Waals surface area contributed by atoms with E-state index in [1.165, 1.54) is 0 Å². The third-order valence-corrected chi connectivity index (χ3v) is 8.46. The van der Waals surface area contributed by atoms with Crippen molar-refractivity contribution in [1.82, 2.24) is 4.90 Å². The molecule has 0 radical (unpaired) electrons. The van der Waals surface area contributed by atoms with Crippen molar-refractivity contribution in [3.8, 4) is 22.9 Å². The van der Waals surface area contributed by atoms with Crippen molar-refractivity contribution in [2.45, 2.75) is 56.8 Å². The summed E-state index contributed by atoms with van der Waals surface area (Å²) in [5, 5.41) is 20.3. The zero-order chi connectivity index (χ0) is 28.0. The minimum absolute atomic E-state index is 0.0628. The molecule has 204 valence electrons. The van der Waals surface area contributed by atoms with Gasteiger partial charge in [-0.05, 0) is 73.1 Å². The molecule has 1 atom stereocenters. The van der Waals surface area contributed by atoms with Crippen LogP contribution in [0.2, 0.25) is 0 Å². The summed E-state index contributed by atoms with van der Waals surface area (Å²) in [7, 11) is 0. The predicted octanol–water partition coefficient (Wildman–Crippen LogP) is 7.72. The van der Waals surface area contributed by atoms with Crippen LogP contribution in [0.15, 0.2) is 109 Å². The molecule has 1 heterocycles. The van der Waals surface area contributed by atoms with E-state index in [0.29, 0.717) is 6.61 Å². The third-order valence-electron chi connectivity index (χ3n) is 8.46. The maximum atomic E-state index is 10.6. The Bertz CT molecular complexity index is 1390. The Labute approximate surface area is 238 Å². The summed E-state index contributed by atoms with van der Waals surface area (Å²) in [6, 6.07) is 38.9. The van der Waals surface area contributed by atoms with Gasteiger partial charge in [-0.25, -0.2) is 0 Å². The molecular formula is C36H38N2O2. The van der Waals surface area contributed by atoms with E-state index in [2.05, 4.69) is 73.3 Å². The van der Waals surface area contributed by atoms with E-state index in [-0.39, 0.29) is 17.4 Å². The first-order valence-corrected chi connectivity index (χ1v) is 14.2. The highest BCUT2D eigenvalue weighted by Gasteiger charge is 2.39. The Morgan fingerprint density at radius 2 is 1.48 bits per heavy atom. The largest absolute Gasteiger partial charge is 0.508 e. The number of hydrogen-bond donors (Lipinski definition) is 1. The van der Waals surface area contributed by atoms with Crippen LogP contribution in [0.1, 0.15) is 49.8 Å². The molecule has 1 saturated heterocycles. The summed E-state index contributed by atoms with van der Waals surface area (Å²) in [4.78, 5) is 2.53. The van der Waals surface area contributed by atoms with E-state index in [1.807, 2.05) is 48.5 Å². The molecular weight excluding hydrogens is 492 g/mol. The van der Waals surface area contributed by atoms with E-state index >= 15 is 0 Å². The van der Waals surface area contributed by atoms with Crippen molar-refractivity contribution in [2.24, 2.45) is 0 Å². The van der Waals surface area contributed by atoms with Crippen LogP contribution in [0, 0.1) is 11.3 Å². The summed E-state index contributed by atoms with van der Waals surface area (Å²) >= 11 is 0. The maximum absolute atomic E-state index is 10.6. The minimum Gasteiger partial charge on any atom is -0.508 e. The molecule has 4 heteroatoms. The van der Waals surface area contributed by atoms with Gasteiger partial charge in [-0.1, -0.05) is 97.1 Å². The number of nitriles is 1. The van der Waals surface area contributed by atoms with Gasteiger partial charge in [0.2, 0.25) is 0 Å². The monoisotopic (exact) mass is 530 g/mol. The van der Waals surface area contributed by atoms with Crippen LogP contribution < -0.4 is 0 Å². The zero-order valence-electron chi connectivity index (χ0n) is 23.5. The molecule has 40 heavy (non-hydrogen) atoms. The van der Waals surface area contributed by atoms with Crippen LogP contribution in [0.3, 0.4) is 0 Å². The smallest absolute Gasteiger partial charge is 0.116 e. The highest BCUT2D eigenvalue weighted by Crippen LogP contribution is 2.39. The van der Waals surface area contributed by atoms with Crippen LogP contribution in [0.5, 0.6) is 5.75 Å². The maximum Gasteiger partial charge on any atom is 0.116 e. The second-order valence-electron chi connectivity index (χ2n) is 11.5. The molecule has 4 nitrogen and oxygen atoms in total. The molecule has 0 unspecified atom stereocenters. The fourth-order valence-corrected chi connectivity index (χ4v) is 5.84. The Kier molecular flexibility index (Phi) is 8.35. The quantitative estimate of drug-likeness (QED) is 0.228. The topological polar surface area (TPSA) is 56.5 Å². The summed E-state index contributed by atoms with van der Waals surface area (Å²) < 4.78 is 6.35. The Balaban J connectivity index is 1.20. The number of aromatic hydroxyl groups is 1. The molecule has 1 N–H and O–H groups in total. The average Bonchev–Trinajstić information content (AvgIpc) is 3.48. The first-order chi connectivity index (χ1) is 19.4. The van der Waals surface area contributed by atoms with Gasteiger partial charge in [-0.2, -0.15) is 5.26 Å². The second kappa shape index (κ2) is 12.1. The lowest BCUT2D eigenvalue weighted by Gasteiger charge is -2.38. The molecule has 0 amide bonds. The van der Waals surface area contributed by atoms with Crippen molar-refractivity contribution in [2.75, 3.05) is 13.1 Å². The molecule has 0 bridgehead atoms. The fourth-order valence-electron chi connectivity index (χ4n) is 5.84. The van der Waals surface area contributed by atoms with E-state index in [0.717, 1.165) is 60.2 Å². The lowest BCUT2D eigenvalue weighted by Crippen LogP contribution is -2.44. The Morgan fingerprint density at radius 3 is 2.08 bits per heavy atom. The van der Waals surface area contributed by atoms with Gasteiger partial charge in [0.25, 0.3) is 0 Å². The molecule has 4 aromatic carbocycles. The van der Waals surface area contributed by atoms with Crippen LogP contribution in [-0.2, 0) is 16.8 Å². The van der Waals surface area contributed by atoms with Gasteiger partial charge in [0.1, 0.15) is 11.2 Å². The van der Waals surface area contributed by atoms with Crippen LogP contribution in [0.25, 0.3) is 11.1 Å². The number of hydrogen-bond acceptors (Lipinski definition) is 4. The van der Waals surface area contributed by atoms with E-state index in [1.54, 1.807) is 12.1 Å². The lowest BCUT2D eigenvalue weighted by atomic mass is 9.70. The summed E-state index contributed by atoms with van der Waals surface area (Å²) in [6.45, 7) is 7.06. The summed E-state index contributed by atoms with van der Waals surface area (Å²) in [5.41, 5.74) is 4.58. The van der Waals surface area contributed by atoms with Crippen LogP contribution in [0.4, 0.5) is 0 Å². The number of ether oxygens (including phenoxy) is 1. The van der Waals surface area contributed by atoms with Crippen molar-refractivity contribution < 1.29 is 9.84 Å². The highest BCUT2D eigenvalue weighted by atomic mass is 16.5. The molecule has 0 aliphatic carbocycles. The molecule has 4 aromatic rings. The first kappa shape index (κ1) is 27.6. The lowest BCUT2D eigenvalue weighted by molar-refractivity contribution is 0.0341. The van der Waals surface area contributed by atoms with Crippen LogP contribution >= 0.6 is 0 Å². The molecule has 5 rings (SSSR count). The Hall–Kier alpha value is -3.91. The van der Waals surface area contributed by atoms with Gasteiger partial charge < -0.3 is 9.84 Å². The number of nitrogens with zero attached hydrogens (tertiary/aromatic N) is 2. The molecule has 1 aliphatic heterocycles. The van der Waals surface area contributed by atoms with Gasteiger partial charge in [0.05, 0.1) is 18.8 Å². The fraction of sp³-hybridized carbons (Fsp3) is 0.306. The molecule has 0 spiro atoms. The van der Waals surface area contributed by atoms with Crippen molar-refractivity contribution in [3.05, 3.63) is 126 Å². The van der Waals surface area contributed by atoms with Crippen molar-refractivity contribution in [1.29, 1.82) is 5.26 Å². The molecule has 0 aromatic heterocycles. The summed E-state index contributed by atoms with van der Waals surface area (Å²) in [5.74, 6) is 0.275. The van der Waals surface area contributed by atoms with Gasteiger partial charge >= 0.3 is 0 Å². The molecule has 1 fully saturated rings. The van der Waals surface area contributed by atoms with Gasteiger partial charge in [-0.3, -0.25) is 4.90 Å². The summed E-state index contributed by atoms with van der Waals surface area (Å²) in [6.07, 6.45) is 2.84.